The number of nitrogens with one attached hydrogen (secondary N) is 2. The molecular weight excluding hydrogens is 567 g/mol. The monoisotopic (exact) mass is 597 g/mol. The van der Waals surface area contributed by atoms with Crippen LogP contribution in [0.3, 0.4) is 0 Å². The van der Waals surface area contributed by atoms with Gasteiger partial charge in [-0.05, 0) is 29.8 Å². The van der Waals surface area contributed by atoms with Crippen molar-refractivity contribution in [1.82, 2.24) is 29.4 Å². The van der Waals surface area contributed by atoms with E-state index in [-0.39, 0.29) is 24.1 Å². The molecule has 0 saturated carbocycles. The summed E-state index contributed by atoms with van der Waals surface area (Å²) >= 11 is 0. The maximum absolute atomic E-state index is 13.0. The van der Waals surface area contributed by atoms with Gasteiger partial charge >= 0.3 is 12.2 Å². The Labute approximate surface area is 244 Å². The number of alkyl halides is 3. The molecule has 226 valence electrons. The summed E-state index contributed by atoms with van der Waals surface area (Å²) in [5.41, 5.74) is 9.74. The van der Waals surface area contributed by atoms with Gasteiger partial charge in [-0.1, -0.05) is 12.1 Å². The molecule has 3 aromatic heterocycles. The van der Waals surface area contributed by atoms with Crippen LogP contribution in [0.15, 0.2) is 48.9 Å². The molecule has 0 spiro atoms. The van der Waals surface area contributed by atoms with Gasteiger partial charge in [0.15, 0.2) is 5.82 Å². The predicted octanol–water partition coefficient (Wildman–Crippen LogP) is 3.85. The number of methoxy groups -OCH3 is 1. The summed E-state index contributed by atoms with van der Waals surface area (Å²) in [6, 6.07) is 7.72. The van der Waals surface area contributed by atoms with Crippen LogP contribution in [0.1, 0.15) is 23.7 Å². The first-order chi connectivity index (χ1) is 20.5. The SMILES string of the molecule is COCc1c(-c2ccc(NC(=O)Nc3cc(C(F)(F)F)ccn3)cc2)c2c(N)ncnn2c1CN1CCN(C(C)=O)CC1. The topological polar surface area (TPSA) is 143 Å². The Morgan fingerprint density at radius 3 is 2.42 bits per heavy atom. The minimum atomic E-state index is -4.56. The number of amides is 3. The van der Waals surface area contributed by atoms with Crippen LogP contribution in [-0.2, 0) is 28.9 Å². The second-order valence-electron chi connectivity index (χ2n) is 10.0. The fourth-order valence-corrected chi connectivity index (χ4v) is 5.10. The fourth-order valence-electron chi connectivity index (χ4n) is 5.10. The Hall–Kier alpha value is -4.76. The molecule has 3 amide bonds. The highest BCUT2D eigenvalue weighted by Crippen LogP contribution is 2.37. The number of rotatable bonds is 7. The molecule has 4 N–H and O–H groups in total. The van der Waals surface area contributed by atoms with Gasteiger partial charge in [-0.2, -0.15) is 18.3 Å². The van der Waals surface area contributed by atoms with Crippen LogP contribution in [0.5, 0.6) is 0 Å². The van der Waals surface area contributed by atoms with Crippen LogP contribution in [0.25, 0.3) is 16.6 Å². The van der Waals surface area contributed by atoms with Crippen LogP contribution in [0.4, 0.5) is 35.3 Å². The Morgan fingerprint density at radius 2 is 1.77 bits per heavy atom. The third-order valence-electron chi connectivity index (χ3n) is 7.20. The van der Waals surface area contributed by atoms with E-state index >= 15 is 0 Å². The first-order valence-corrected chi connectivity index (χ1v) is 13.4. The second-order valence-corrected chi connectivity index (χ2v) is 10.0. The molecular formula is C28H30F3N9O3. The van der Waals surface area contributed by atoms with E-state index in [2.05, 4.69) is 30.6 Å². The Bertz CT molecular complexity index is 1630. The van der Waals surface area contributed by atoms with Gasteiger partial charge in [-0.15, -0.1) is 0 Å². The maximum atomic E-state index is 13.0. The summed E-state index contributed by atoms with van der Waals surface area (Å²) < 4.78 is 46.3. The highest BCUT2D eigenvalue weighted by atomic mass is 19.4. The van der Waals surface area contributed by atoms with Gasteiger partial charge in [0.25, 0.3) is 0 Å². The van der Waals surface area contributed by atoms with Crippen LogP contribution in [0.2, 0.25) is 0 Å². The molecule has 43 heavy (non-hydrogen) atoms. The number of urea groups is 1. The number of carbonyl (C=O) groups excluding carboxylic acids is 2. The molecule has 5 rings (SSSR count). The number of halogens is 3. The molecule has 0 unspecified atom stereocenters. The normalized spacial score (nSPS) is 14.2. The Morgan fingerprint density at radius 1 is 1.05 bits per heavy atom. The van der Waals surface area contributed by atoms with Gasteiger partial charge in [0.05, 0.1) is 17.9 Å². The summed E-state index contributed by atoms with van der Waals surface area (Å²) in [6.07, 6.45) is -2.19. The first kappa shape index (κ1) is 29.7. The predicted molar refractivity (Wildman–Crippen MR) is 153 cm³/mol. The second kappa shape index (κ2) is 12.2. The summed E-state index contributed by atoms with van der Waals surface area (Å²) in [4.78, 5) is 36.3. The highest BCUT2D eigenvalue weighted by molar-refractivity contribution is 5.99. The third kappa shape index (κ3) is 6.52. The van der Waals surface area contributed by atoms with E-state index in [1.54, 1.807) is 42.8 Å². The molecule has 0 bridgehead atoms. The number of fused-ring (bicyclic) bond motifs is 1. The van der Waals surface area contributed by atoms with Gasteiger partial charge in [0, 0.05) is 69.8 Å². The van der Waals surface area contributed by atoms with Gasteiger partial charge in [0.2, 0.25) is 5.91 Å². The van der Waals surface area contributed by atoms with Crippen molar-refractivity contribution in [2.45, 2.75) is 26.3 Å². The van der Waals surface area contributed by atoms with Crippen LogP contribution in [-0.4, -0.2) is 74.6 Å². The molecule has 1 aliphatic rings. The molecule has 0 radical (unpaired) electrons. The lowest BCUT2D eigenvalue weighted by molar-refractivity contribution is -0.137. The number of hydrogen-bond acceptors (Lipinski definition) is 8. The van der Waals surface area contributed by atoms with Crippen molar-refractivity contribution in [2.75, 3.05) is 49.7 Å². The molecule has 1 saturated heterocycles. The van der Waals surface area contributed by atoms with Crippen molar-refractivity contribution < 1.29 is 27.5 Å². The van der Waals surface area contributed by atoms with Crippen molar-refractivity contribution in [2.24, 2.45) is 0 Å². The van der Waals surface area contributed by atoms with E-state index in [4.69, 9.17) is 10.5 Å². The highest BCUT2D eigenvalue weighted by Gasteiger charge is 2.31. The number of anilines is 3. The zero-order valence-electron chi connectivity index (χ0n) is 23.5. The third-order valence-corrected chi connectivity index (χ3v) is 7.20. The lowest BCUT2D eigenvalue weighted by Crippen LogP contribution is -2.47. The number of nitrogen functional groups attached to an aromatic ring is 1. The number of benzene rings is 1. The van der Waals surface area contributed by atoms with E-state index in [1.165, 1.54) is 6.33 Å². The Balaban J connectivity index is 1.40. The van der Waals surface area contributed by atoms with Crippen molar-refractivity contribution in [3.63, 3.8) is 0 Å². The number of carbonyl (C=O) groups is 2. The van der Waals surface area contributed by atoms with E-state index in [0.29, 0.717) is 43.9 Å². The summed E-state index contributed by atoms with van der Waals surface area (Å²) in [6.45, 7) is 5.06. The van der Waals surface area contributed by atoms with Gasteiger partial charge in [-0.3, -0.25) is 15.0 Å². The van der Waals surface area contributed by atoms with Crippen molar-refractivity contribution >= 4 is 34.8 Å². The van der Waals surface area contributed by atoms with Crippen molar-refractivity contribution in [3.8, 4) is 11.1 Å². The molecule has 1 aliphatic heterocycles. The molecule has 12 nitrogen and oxygen atoms in total. The van der Waals surface area contributed by atoms with E-state index in [0.717, 1.165) is 40.7 Å². The lowest BCUT2D eigenvalue weighted by Gasteiger charge is -2.34. The minimum Gasteiger partial charge on any atom is -0.382 e. The molecule has 0 atom stereocenters. The lowest BCUT2D eigenvalue weighted by atomic mass is 10.0. The van der Waals surface area contributed by atoms with Gasteiger partial charge in [-0.25, -0.2) is 19.3 Å². The van der Waals surface area contributed by atoms with E-state index in [1.807, 2.05) is 4.90 Å². The maximum Gasteiger partial charge on any atom is 0.416 e. The Kier molecular flexibility index (Phi) is 8.45. The quantitative estimate of drug-likeness (QED) is 0.292. The van der Waals surface area contributed by atoms with E-state index in [9.17, 15) is 22.8 Å². The molecule has 1 fully saturated rings. The first-order valence-electron chi connectivity index (χ1n) is 13.4. The number of nitrogens with two attached hydrogens (primary N) is 1. The van der Waals surface area contributed by atoms with Crippen LogP contribution in [0, 0.1) is 0 Å². The summed E-state index contributed by atoms with van der Waals surface area (Å²) in [5, 5.41) is 9.41. The molecule has 15 heteroatoms. The average molecular weight is 598 g/mol. The van der Waals surface area contributed by atoms with Crippen molar-refractivity contribution in [1.29, 1.82) is 0 Å². The minimum absolute atomic E-state index is 0.0541. The fraction of sp³-hybridized carbons (Fsp3) is 0.321. The molecule has 0 aliphatic carbocycles. The van der Waals surface area contributed by atoms with Gasteiger partial charge in [0.1, 0.15) is 17.7 Å². The number of aromatic nitrogens is 4. The molecule has 4 aromatic rings. The summed E-state index contributed by atoms with van der Waals surface area (Å²) in [5.74, 6) is 0.0997. The molecule has 1 aromatic carbocycles. The number of ether oxygens (including phenoxy) is 1. The average Bonchev–Trinajstić information content (AvgIpc) is 3.27. The standard InChI is InChI=1S/C28H30F3N9O3/c1-17(41)39-11-9-38(10-12-39)14-22-21(15-43-2)24(25-26(32)34-16-35-40(22)25)18-3-5-20(6-4-18)36-27(42)37-23-13-19(7-8-33-23)28(29,30)31/h3-8,13,16H,9-12,14-15H2,1-2H3,(H2,32,34,35)(H2,33,36,37,42). The van der Waals surface area contributed by atoms with Crippen LogP contribution >= 0.6 is 0 Å². The van der Waals surface area contributed by atoms with E-state index < -0.39 is 17.8 Å². The van der Waals surface area contributed by atoms with Gasteiger partial charge < -0.3 is 20.7 Å². The number of piperazine rings is 1. The number of nitrogens with zero attached hydrogens (tertiary/aromatic N) is 6. The summed E-state index contributed by atoms with van der Waals surface area (Å²) in [7, 11) is 1.60. The smallest absolute Gasteiger partial charge is 0.382 e. The zero-order chi connectivity index (χ0) is 30.7. The van der Waals surface area contributed by atoms with Crippen LogP contribution < -0.4 is 16.4 Å². The number of hydrogen-bond donors (Lipinski definition) is 3. The molecule has 4 heterocycles. The van der Waals surface area contributed by atoms with Crippen molar-refractivity contribution in [3.05, 3.63) is 65.7 Å². The largest absolute Gasteiger partial charge is 0.416 e. The zero-order valence-corrected chi connectivity index (χ0v) is 23.5. The number of pyridine rings is 1.